The zero-order chi connectivity index (χ0) is 18.6. The molecule has 2 rings (SSSR count). The largest absolute Gasteiger partial charge is 0.494 e. The molecule has 25 heavy (non-hydrogen) atoms. The van der Waals surface area contributed by atoms with Crippen molar-refractivity contribution in [3.8, 4) is 5.75 Å². The Balaban J connectivity index is 2.27. The summed E-state index contributed by atoms with van der Waals surface area (Å²) in [5.74, 6) is -0.930. The van der Waals surface area contributed by atoms with Crippen molar-refractivity contribution in [2.24, 2.45) is 5.92 Å². The van der Waals surface area contributed by atoms with Crippen LogP contribution in [0.5, 0.6) is 5.75 Å². The van der Waals surface area contributed by atoms with Crippen LogP contribution in [0.15, 0.2) is 29.2 Å². The standard InChI is InChI=1S/C18H21NO4S2/c1-4-8-23-13-7-5-6-12(9-13)10-14-16(20)19(18(24)25-14)15(11(2)3)17(21)22/h5-7,9-11,15H,4,8H2,1-3H3,(H,21,22)/b14-10+/t15-/m1/s1. The molecule has 134 valence electrons. The number of thioether (sulfide) groups is 1. The number of hydrogen-bond acceptors (Lipinski definition) is 5. The summed E-state index contributed by atoms with van der Waals surface area (Å²) >= 11 is 6.38. The van der Waals surface area contributed by atoms with Crippen LogP contribution >= 0.6 is 24.0 Å². The first-order valence-electron chi connectivity index (χ1n) is 8.07. The van der Waals surface area contributed by atoms with Gasteiger partial charge in [0.15, 0.2) is 0 Å². The van der Waals surface area contributed by atoms with Gasteiger partial charge >= 0.3 is 5.97 Å². The minimum Gasteiger partial charge on any atom is -0.494 e. The number of aliphatic carboxylic acids is 1. The molecule has 1 heterocycles. The second-order valence-electron chi connectivity index (χ2n) is 6.00. The Hall–Kier alpha value is -1.86. The Bertz CT molecular complexity index is 715. The number of carbonyl (C=O) groups is 2. The lowest BCUT2D eigenvalue weighted by atomic mass is 10.0. The van der Waals surface area contributed by atoms with Crippen LogP contribution in [0, 0.1) is 5.92 Å². The molecule has 0 unspecified atom stereocenters. The molecule has 1 aliphatic rings. The van der Waals surface area contributed by atoms with Gasteiger partial charge in [0, 0.05) is 0 Å². The van der Waals surface area contributed by atoms with Gasteiger partial charge in [-0.2, -0.15) is 0 Å². The Labute approximate surface area is 157 Å². The quantitative estimate of drug-likeness (QED) is 0.574. The molecule has 0 aromatic heterocycles. The molecule has 1 aromatic carbocycles. The summed E-state index contributed by atoms with van der Waals surface area (Å²) in [5.41, 5.74) is 0.811. The first kappa shape index (κ1) is 19.5. The van der Waals surface area contributed by atoms with E-state index in [1.165, 1.54) is 4.90 Å². The highest BCUT2D eigenvalue weighted by Crippen LogP contribution is 2.35. The van der Waals surface area contributed by atoms with E-state index in [-0.39, 0.29) is 16.1 Å². The van der Waals surface area contributed by atoms with Crippen molar-refractivity contribution in [3.63, 3.8) is 0 Å². The number of carboxylic acid groups (broad SMARTS) is 1. The maximum Gasteiger partial charge on any atom is 0.327 e. The van der Waals surface area contributed by atoms with Gasteiger partial charge in [0.05, 0.1) is 11.5 Å². The number of carboxylic acids is 1. The van der Waals surface area contributed by atoms with Crippen LogP contribution in [-0.2, 0) is 9.59 Å². The molecule has 1 saturated heterocycles. The highest BCUT2D eigenvalue weighted by atomic mass is 32.2. The minimum atomic E-state index is -1.05. The second kappa shape index (κ2) is 8.49. The van der Waals surface area contributed by atoms with E-state index in [0.717, 1.165) is 29.5 Å². The highest BCUT2D eigenvalue weighted by molar-refractivity contribution is 8.26. The van der Waals surface area contributed by atoms with Crippen molar-refractivity contribution in [3.05, 3.63) is 34.7 Å². The van der Waals surface area contributed by atoms with E-state index < -0.39 is 12.0 Å². The highest BCUT2D eigenvalue weighted by Gasteiger charge is 2.41. The number of rotatable bonds is 7. The van der Waals surface area contributed by atoms with Crippen LogP contribution in [0.3, 0.4) is 0 Å². The van der Waals surface area contributed by atoms with E-state index in [4.69, 9.17) is 17.0 Å². The number of hydrogen-bond donors (Lipinski definition) is 1. The SMILES string of the molecule is CCCOc1cccc(/C=C2/SC(=S)N([C@@H](C(=O)O)C(C)C)C2=O)c1. The average Bonchev–Trinajstić information content (AvgIpc) is 2.80. The molecule has 7 heteroatoms. The summed E-state index contributed by atoms with van der Waals surface area (Å²) in [7, 11) is 0. The summed E-state index contributed by atoms with van der Waals surface area (Å²) < 4.78 is 5.87. The third-order valence-electron chi connectivity index (χ3n) is 3.61. The molecular weight excluding hydrogens is 358 g/mol. The molecule has 1 atom stereocenters. The molecule has 1 fully saturated rings. The fraction of sp³-hybridized carbons (Fsp3) is 0.389. The number of thiocarbonyl (C=S) groups is 1. The average molecular weight is 380 g/mol. The van der Waals surface area contributed by atoms with Crippen LogP contribution in [0.25, 0.3) is 6.08 Å². The molecule has 1 amide bonds. The van der Waals surface area contributed by atoms with Crippen molar-refractivity contribution in [1.29, 1.82) is 0 Å². The van der Waals surface area contributed by atoms with Gasteiger partial charge in [-0.1, -0.05) is 56.9 Å². The molecule has 0 spiro atoms. The number of amides is 1. The Kier molecular flexibility index (Phi) is 6.61. The molecule has 0 radical (unpaired) electrons. The predicted molar refractivity (Wildman–Crippen MR) is 104 cm³/mol. The monoisotopic (exact) mass is 379 g/mol. The van der Waals surface area contributed by atoms with Crippen LogP contribution in [0.2, 0.25) is 0 Å². The summed E-state index contributed by atoms with van der Waals surface area (Å²) in [6, 6.07) is 6.46. The van der Waals surface area contributed by atoms with E-state index in [2.05, 4.69) is 0 Å². The van der Waals surface area contributed by atoms with Crippen LogP contribution in [0.4, 0.5) is 0 Å². The maximum atomic E-state index is 12.7. The molecule has 0 aliphatic carbocycles. The van der Waals surface area contributed by atoms with Gasteiger partial charge < -0.3 is 9.84 Å². The Morgan fingerprint density at radius 2 is 2.16 bits per heavy atom. The molecule has 0 saturated carbocycles. The maximum absolute atomic E-state index is 12.7. The zero-order valence-electron chi connectivity index (χ0n) is 14.4. The van der Waals surface area contributed by atoms with Gasteiger partial charge in [0.1, 0.15) is 16.1 Å². The van der Waals surface area contributed by atoms with Crippen molar-refractivity contribution in [2.45, 2.75) is 33.2 Å². The molecule has 5 nitrogen and oxygen atoms in total. The van der Waals surface area contributed by atoms with Crippen molar-refractivity contribution in [2.75, 3.05) is 6.61 Å². The van der Waals surface area contributed by atoms with E-state index in [1.807, 2.05) is 31.2 Å². The van der Waals surface area contributed by atoms with E-state index >= 15 is 0 Å². The third-order valence-corrected chi connectivity index (χ3v) is 4.95. The first-order valence-corrected chi connectivity index (χ1v) is 9.30. The molecule has 1 aromatic rings. The van der Waals surface area contributed by atoms with Gasteiger partial charge in [-0.05, 0) is 36.1 Å². The lowest BCUT2D eigenvalue weighted by Crippen LogP contribution is -2.47. The first-order chi connectivity index (χ1) is 11.8. The second-order valence-corrected chi connectivity index (χ2v) is 7.68. The number of carbonyl (C=O) groups excluding carboxylic acids is 1. The van der Waals surface area contributed by atoms with Crippen LogP contribution < -0.4 is 4.74 Å². The number of benzene rings is 1. The van der Waals surface area contributed by atoms with Crippen molar-refractivity contribution < 1.29 is 19.4 Å². The Morgan fingerprint density at radius 1 is 1.44 bits per heavy atom. The van der Waals surface area contributed by atoms with Crippen LogP contribution in [0.1, 0.15) is 32.8 Å². The fourth-order valence-electron chi connectivity index (χ4n) is 2.48. The zero-order valence-corrected chi connectivity index (χ0v) is 16.0. The normalized spacial score (nSPS) is 17.4. The lowest BCUT2D eigenvalue weighted by molar-refractivity contribution is -0.146. The molecular formula is C18H21NO4S2. The predicted octanol–water partition coefficient (Wildman–Crippen LogP) is 3.79. The topological polar surface area (TPSA) is 66.8 Å². The van der Waals surface area contributed by atoms with Crippen molar-refractivity contribution in [1.82, 2.24) is 4.90 Å². The lowest BCUT2D eigenvalue weighted by Gasteiger charge is -2.26. The van der Waals surface area contributed by atoms with Crippen molar-refractivity contribution >= 4 is 46.3 Å². The van der Waals surface area contributed by atoms with Gasteiger partial charge in [-0.3, -0.25) is 9.69 Å². The third kappa shape index (κ3) is 4.61. The molecule has 1 N–H and O–H groups in total. The van der Waals surface area contributed by atoms with Gasteiger partial charge in [0.25, 0.3) is 5.91 Å². The van der Waals surface area contributed by atoms with E-state index in [9.17, 15) is 14.7 Å². The van der Waals surface area contributed by atoms with Gasteiger partial charge in [-0.25, -0.2) is 4.79 Å². The fourth-order valence-corrected chi connectivity index (χ4v) is 3.81. The molecule has 0 bridgehead atoms. The summed E-state index contributed by atoms with van der Waals surface area (Å²) in [4.78, 5) is 25.8. The number of ether oxygens (including phenoxy) is 1. The molecule has 1 aliphatic heterocycles. The smallest absolute Gasteiger partial charge is 0.327 e. The minimum absolute atomic E-state index is 0.245. The summed E-state index contributed by atoms with van der Waals surface area (Å²) in [6.07, 6.45) is 2.63. The van der Waals surface area contributed by atoms with Gasteiger partial charge in [0.2, 0.25) is 0 Å². The van der Waals surface area contributed by atoms with E-state index in [1.54, 1.807) is 19.9 Å². The van der Waals surface area contributed by atoms with E-state index in [0.29, 0.717) is 11.5 Å². The summed E-state index contributed by atoms with van der Waals surface area (Å²) in [5, 5.41) is 9.44. The van der Waals surface area contributed by atoms with Gasteiger partial charge in [-0.15, -0.1) is 0 Å². The summed E-state index contributed by atoms with van der Waals surface area (Å²) in [6.45, 7) is 6.17. The van der Waals surface area contributed by atoms with Crippen LogP contribution in [-0.4, -0.2) is 38.9 Å². The number of nitrogens with zero attached hydrogens (tertiary/aromatic N) is 1. The Morgan fingerprint density at radius 3 is 2.76 bits per heavy atom.